The van der Waals surface area contributed by atoms with Crippen molar-refractivity contribution < 1.29 is 28.7 Å². The minimum Gasteiger partial charge on any atom is -0.497 e. The van der Waals surface area contributed by atoms with E-state index in [9.17, 15) is 19.2 Å². The summed E-state index contributed by atoms with van der Waals surface area (Å²) in [6.07, 6.45) is 2.39. The molecule has 9 nitrogen and oxygen atoms in total. The number of primary amides is 1. The molecule has 2 aromatic rings. The zero-order chi connectivity index (χ0) is 28.9. The summed E-state index contributed by atoms with van der Waals surface area (Å²) in [7, 11) is 1.57. The highest BCUT2D eigenvalue weighted by atomic mass is 16.6. The molecule has 4 atom stereocenters. The Morgan fingerprint density at radius 2 is 1.52 bits per heavy atom. The highest BCUT2D eigenvalue weighted by molar-refractivity contribution is 5.99. The van der Waals surface area contributed by atoms with E-state index in [1.807, 2.05) is 42.5 Å². The van der Waals surface area contributed by atoms with Crippen molar-refractivity contribution in [2.24, 2.45) is 11.7 Å². The zero-order valence-corrected chi connectivity index (χ0v) is 23.2. The molecule has 0 bridgehead atoms. The standard InChI is InChI=1S/C31H37N3O6/c1-19(23-10-7-11-24(23)28(32)36)29(37)34-26(17-21-12-14-22(39-3)15-13-21)30(38)33-25(27(35)31(2)18-40-31)16-20-8-5-4-6-9-20/h4-6,8-9,12-15,19,25-26H,7,10-11,16-18H2,1-3H3,(H2,32,36)(H,33,38)(H,34,37)/t19-,25+,26+,31-/m1/s1. The molecule has 2 aliphatic rings. The minimum absolute atomic E-state index is 0.191. The van der Waals surface area contributed by atoms with Crippen LogP contribution in [0.1, 0.15) is 44.2 Å². The van der Waals surface area contributed by atoms with Crippen molar-refractivity contribution in [3.8, 4) is 5.75 Å². The maximum Gasteiger partial charge on any atom is 0.244 e. The molecule has 1 aliphatic heterocycles. The van der Waals surface area contributed by atoms with Crippen LogP contribution in [0.2, 0.25) is 0 Å². The number of ketones is 1. The van der Waals surface area contributed by atoms with Gasteiger partial charge in [0.1, 0.15) is 17.4 Å². The second-order valence-electron chi connectivity index (χ2n) is 10.7. The van der Waals surface area contributed by atoms with Crippen LogP contribution < -0.4 is 21.1 Å². The summed E-state index contributed by atoms with van der Waals surface area (Å²) in [6.45, 7) is 3.73. The second kappa shape index (κ2) is 12.5. The molecule has 4 N–H and O–H groups in total. The fraction of sp³-hybridized carbons (Fsp3) is 0.419. The fourth-order valence-corrected chi connectivity index (χ4v) is 5.14. The highest BCUT2D eigenvalue weighted by Crippen LogP contribution is 2.32. The van der Waals surface area contributed by atoms with Gasteiger partial charge in [-0.15, -0.1) is 0 Å². The summed E-state index contributed by atoms with van der Waals surface area (Å²) in [5.74, 6) is -1.55. The van der Waals surface area contributed by atoms with Gasteiger partial charge in [-0.25, -0.2) is 0 Å². The predicted octanol–water partition coefficient (Wildman–Crippen LogP) is 2.41. The quantitative estimate of drug-likeness (QED) is 0.329. The van der Waals surface area contributed by atoms with E-state index in [1.54, 1.807) is 33.1 Å². The van der Waals surface area contributed by atoms with Crippen molar-refractivity contribution in [1.29, 1.82) is 0 Å². The van der Waals surface area contributed by atoms with Crippen molar-refractivity contribution in [3.05, 3.63) is 76.9 Å². The van der Waals surface area contributed by atoms with Crippen molar-refractivity contribution in [2.75, 3.05) is 13.7 Å². The lowest BCUT2D eigenvalue weighted by atomic mass is 9.93. The van der Waals surface area contributed by atoms with E-state index in [-0.39, 0.29) is 18.1 Å². The molecule has 0 spiro atoms. The van der Waals surface area contributed by atoms with E-state index in [0.717, 1.165) is 17.5 Å². The molecular formula is C31H37N3O6. The van der Waals surface area contributed by atoms with Crippen LogP contribution in [0.3, 0.4) is 0 Å². The number of methoxy groups -OCH3 is 1. The molecule has 1 aliphatic carbocycles. The van der Waals surface area contributed by atoms with Gasteiger partial charge >= 0.3 is 0 Å². The van der Waals surface area contributed by atoms with Gasteiger partial charge in [-0.1, -0.05) is 42.5 Å². The van der Waals surface area contributed by atoms with Crippen LogP contribution in [-0.2, 0) is 36.8 Å². The minimum atomic E-state index is -0.971. The van der Waals surface area contributed by atoms with E-state index in [2.05, 4.69) is 10.6 Å². The third-order valence-corrected chi connectivity index (χ3v) is 7.72. The van der Waals surface area contributed by atoms with Gasteiger partial charge < -0.3 is 25.8 Å². The Morgan fingerprint density at radius 3 is 2.12 bits per heavy atom. The molecule has 0 saturated carbocycles. The number of benzene rings is 2. The molecule has 9 heteroatoms. The molecular weight excluding hydrogens is 510 g/mol. The fourth-order valence-electron chi connectivity index (χ4n) is 5.14. The summed E-state index contributed by atoms with van der Waals surface area (Å²) in [5.41, 5.74) is 7.50. The molecule has 3 amide bonds. The van der Waals surface area contributed by atoms with Crippen molar-refractivity contribution in [1.82, 2.24) is 10.6 Å². The normalized spacial score (nSPS) is 20.3. The van der Waals surface area contributed by atoms with E-state index in [0.29, 0.717) is 42.8 Å². The zero-order valence-electron chi connectivity index (χ0n) is 23.2. The Bertz CT molecular complexity index is 1280. The van der Waals surface area contributed by atoms with Gasteiger partial charge in [-0.05, 0) is 68.4 Å². The van der Waals surface area contributed by atoms with Crippen LogP contribution in [0.5, 0.6) is 5.75 Å². The van der Waals surface area contributed by atoms with E-state index >= 15 is 0 Å². The maximum absolute atomic E-state index is 13.7. The largest absolute Gasteiger partial charge is 0.497 e. The van der Waals surface area contributed by atoms with Gasteiger partial charge in [-0.2, -0.15) is 0 Å². The first-order valence-corrected chi connectivity index (χ1v) is 13.6. The number of hydrogen-bond donors (Lipinski definition) is 3. The Morgan fingerprint density at radius 1 is 0.925 bits per heavy atom. The summed E-state index contributed by atoms with van der Waals surface area (Å²) in [6, 6.07) is 14.8. The van der Waals surface area contributed by atoms with Crippen LogP contribution in [0, 0.1) is 5.92 Å². The maximum atomic E-state index is 13.7. The first kappa shape index (κ1) is 29.0. The van der Waals surface area contributed by atoms with Crippen LogP contribution in [0.15, 0.2) is 65.7 Å². The molecule has 1 saturated heterocycles. The van der Waals surface area contributed by atoms with Crippen molar-refractivity contribution in [3.63, 3.8) is 0 Å². The second-order valence-corrected chi connectivity index (χ2v) is 10.7. The van der Waals surface area contributed by atoms with Crippen molar-refractivity contribution in [2.45, 2.75) is 63.6 Å². The van der Waals surface area contributed by atoms with Gasteiger partial charge in [0.2, 0.25) is 17.7 Å². The molecule has 4 rings (SSSR count). The average molecular weight is 548 g/mol. The molecule has 1 heterocycles. The van der Waals surface area contributed by atoms with Gasteiger partial charge in [0, 0.05) is 12.0 Å². The van der Waals surface area contributed by atoms with Gasteiger partial charge in [0.25, 0.3) is 0 Å². The van der Waals surface area contributed by atoms with Gasteiger partial charge in [-0.3, -0.25) is 19.2 Å². The number of nitrogens with one attached hydrogen (secondary N) is 2. The van der Waals surface area contributed by atoms with E-state index in [4.69, 9.17) is 15.2 Å². The number of ether oxygens (including phenoxy) is 2. The molecule has 0 radical (unpaired) electrons. The number of nitrogens with two attached hydrogens (primary N) is 1. The van der Waals surface area contributed by atoms with Gasteiger partial charge in [0.05, 0.1) is 25.7 Å². The van der Waals surface area contributed by atoms with E-state index in [1.165, 1.54) is 0 Å². The van der Waals surface area contributed by atoms with E-state index < -0.39 is 35.4 Å². The summed E-state index contributed by atoms with van der Waals surface area (Å²) >= 11 is 0. The Balaban J connectivity index is 1.57. The number of carbonyl (C=O) groups is 4. The molecule has 212 valence electrons. The van der Waals surface area contributed by atoms with Crippen LogP contribution in [0.4, 0.5) is 0 Å². The molecule has 0 aromatic heterocycles. The molecule has 0 unspecified atom stereocenters. The predicted molar refractivity (Wildman–Crippen MR) is 149 cm³/mol. The smallest absolute Gasteiger partial charge is 0.244 e. The number of epoxide rings is 1. The molecule has 2 aromatic carbocycles. The lowest BCUT2D eigenvalue weighted by Gasteiger charge is -2.25. The number of hydrogen-bond acceptors (Lipinski definition) is 6. The topological polar surface area (TPSA) is 140 Å². The monoisotopic (exact) mass is 547 g/mol. The third-order valence-electron chi connectivity index (χ3n) is 7.72. The third kappa shape index (κ3) is 6.96. The van der Waals surface area contributed by atoms with Crippen LogP contribution >= 0.6 is 0 Å². The average Bonchev–Trinajstić information content (AvgIpc) is 3.51. The molecule has 40 heavy (non-hydrogen) atoms. The number of rotatable bonds is 13. The SMILES string of the molecule is COc1ccc(C[C@H](NC(=O)[C@H](C)C2=C(C(N)=O)CCC2)C(=O)N[C@@H](Cc2ccccc2)C(=O)[C@@]2(C)CO2)cc1. The number of amides is 3. The molecule has 1 fully saturated rings. The first-order valence-electron chi connectivity index (χ1n) is 13.6. The lowest BCUT2D eigenvalue weighted by molar-refractivity contribution is -0.133. The van der Waals surface area contributed by atoms with Crippen LogP contribution in [-0.4, -0.2) is 54.9 Å². The van der Waals surface area contributed by atoms with Crippen LogP contribution in [0.25, 0.3) is 0 Å². The first-order chi connectivity index (χ1) is 19.1. The number of Topliss-reactive ketones (excluding diaryl/α,β-unsaturated/α-hetero) is 1. The highest BCUT2D eigenvalue weighted by Gasteiger charge is 2.50. The van der Waals surface area contributed by atoms with Crippen molar-refractivity contribution >= 4 is 23.5 Å². The summed E-state index contributed by atoms with van der Waals surface area (Å²) < 4.78 is 10.6. The Labute approximate surface area is 234 Å². The Hall–Kier alpha value is -3.98. The number of carbonyl (C=O) groups excluding carboxylic acids is 4. The lowest BCUT2D eigenvalue weighted by Crippen LogP contribution is -2.55. The Kier molecular flexibility index (Phi) is 9.04. The summed E-state index contributed by atoms with van der Waals surface area (Å²) in [5, 5.41) is 5.78. The summed E-state index contributed by atoms with van der Waals surface area (Å²) in [4.78, 5) is 52.4. The van der Waals surface area contributed by atoms with Gasteiger partial charge in [0.15, 0.2) is 5.78 Å².